The molecule has 0 unspecified atom stereocenters. The highest BCUT2D eigenvalue weighted by Crippen LogP contribution is 2.24. The number of benzene rings is 3. The molecular formula is C25H24N2O4. The quantitative estimate of drug-likeness (QED) is 0.475. The molecule has 0 bridgehead atoms. The minimum Gasteiger partial charge on any atom is -0.497 e. The van der Waals surface area contributed by atoms with E-state index in [4.69, 9.17) is 9.47 Å². The van der Waals surface area contributed by atoms with E-state index in [-0.39, 0.29) is 18.7 Å². The number of aromatic nitrogens is 2. The van der Waals surface area contributed by atoms with E-state index in [1.165, 1.54) is 4.68 Å². The van der Waals surface area contributed by atoms with Crippen LogP contribution < -0.4 is 10.3 Å². The van der Waals surface area contributed by atoms with Crippen molar-refractivity contribution >= 4 is 10.8 Å². The van der Waals surface area contributed by atoms with Gasteiger partial charge in [-0.15, -0.1) is 0 Å². The molecule has 1 atom stereocenters. The number of fused-ring (bicyclic) bond motifs is 1. The lowest BCUT2D eigenvalue weighted by Crippen LogP contribution is -2.31. The minimum absolute atomic E-state index is 0.0477. The molecule has 1 aromatic heterocycles. The van der Waals surface area contributed by atoms with Crippen LogP contribution >= 0.6 is 0 Å². The Balaban J connectivity index is 1.51. The number of rotatable bonds is 8. The third-order valence-electron chi connectivity index (χ3n) is 5.04. The highest BCUT2D eigenvalue weighted by molar-refractivity contribution is 5.93. The van der Waals surface area contributed by atoms with Crippen molar-refractivity contribution in [2.45, 2.75) is 19.3 Å². The summed E-state index contributed by atoms with van der Waals surface area (Å²) in [7, 11) is 1.62. The van der Waals surface area contributed by atoms with Crippen molar-refractivity contribution in [1.29, 1.82) is 0 Å². The van der Waals surface area contributed by atoms with Crippen LogP contribution in [0, 0.1) is 0 Å². The fourth-order valence-electron chi connectivity index (χ4n) is 3.46. The van der Waals surface area contributed by atoms with E-state index in [1.807, 2.05) is 72.8 Å². The van der Waals surface area contributed by atoms with Crippen LogP contribution in [0.5, 0.6) is 5.75 Å². The molecule has 6 heteroatoms. The van der Waals surface area contributed by atoms with Gasteiger partial charge in [0.1, 0.15) is 5.75 Å². The maximum atomic E-state index is 12.9. The van der Waals surface area contributed by atoms with Gasteiger partial charge in [-0.05, 0) is 23.8 Å². The average Bonchev–Trinajstić information content (AvgIpc) is 2.82. The number of hydrogen-bond acceptors (Lipinski definition) is 5. The second kappa shape index (κ2) is 9.55. The third kappa shape index (κ3) is 4.82. The summed E-state index contributed by atoms with van der Waals surface area (Å²) in [6.45, 7) is 0.496. The van der Waals surface area contributed by atoms with Crippen LogP contribution in [0.2, 0.25) is 0 Å². The SMILES string of the molecule is COc1ccc(COC[C@@H](O)Cn2nc(-c3ccccc3)c3ccccc3c2=O)cc1. The van der Waals surface area contributed by atoms with Gasteiger partial charge >= 0.3 is 0 Å². The van der Waals surface area contributed by atoms with Crippen LogP contribution in [0.15, 0.2) is 83.7 Å². The normalized spacial score (nSPS) is 12.1. The van der Waals surface area contributed by atoms with Gasteiger partial charge in [0, 0.05) is 10.9 Å². The van der Waals surface area contributed by atoms with Crippen molar-refractivity contribution in [3.63, 3.8) is 0 Å². The predicted molar refractivity (Wildman–Crippen MR) is 120 cm³/mol. The molecule has 6 nitrogen and oxygen atoms in total. The lowest BCUT2D eigenvalue weighted by atomic mass is 10.1. The zero-order valence-electron chi connectivity index (χ0n) is 17.3. The highest BCUT2D eigenvalue weighted by atomic mass is 16.5. The summed E-state index contributed by atoms with van der Waals surface area (Å²) >= 11 is 0. The molecule has 31 heavy (non-hydrogen) atoms. The number of nitrogens with zero attached hydrogens (tertiary/aromatic N) is 2. The molecule has 4 aromatic rings. The van der Waals surface area contributed by atoms with E-state index in [1.54, 1.807) is 13.2 Å². The first kappa shape index (κ1) is 20.8. The first-order chi connectivity index (χ1) is 15.2. The van der Waals surface area contributed by atoms with Crippen molar-refractivity contribution in [1.82, 2.24) is 9.78 Å². The van der Waals surface area contributed by atoms with Gasteiger partial charge in [0.2, 0.25) is 0 Å². The maximum Gasteiger partial charge on any atom is 0.274 e. The van der Waals surface area contributed by atoms with E-state index in [0.717, 1.165) is 22.3 Å². The summed E-state index contributed by atoms with van der Waals surface area (Å²) in [5.41, 5.74) is 2.37. The lowest BCUT2D eigenvalue weighted by Gasteiger charge is -2.15. The zero-order chi connectivity index (χ0) is 21.6. The second-order valence-electron chi connectivity index (χ2n) is 7.26. The Kier molecular flexibility index (Phi) is 6.40. The van der Waals surface area contributed by atoms with E-state index in [9.17, 15) is 9.90 Å². The summed E-state index contributed by atoms with van der Waals surface area (Å²) < 4.78 is 12.1. The van der Waals surface area contributed by atoms with Gasteiger partial charge in [-0.25, -0.2) is 4.68 Å². The largest absolute Gasteiger partial charge is 0.497 e. The Labute approximate surface area is 180 Å². The average molecular weight is 416 g/mol. The lowest BCUT2D eigenvalue weighted by molar-refractivity contribution is 0.0181. The van der Waals surface area contributed by atoms with E-state index in [0.29, 0.717) is 17.7 Å². The van der Waals surface area contributed by atoms with E-state index < -0.39 is 6.10 Å². The summed E-state index contributed by atoms with van der Waals surface area (Å²) in [5.74, 6) is 0.778. The van der Waals surface area contributed by atoms with Crippen molar-refractivity contribution < 1.29 is 14.6 Å². The predicted octanol–water partition coefficient (Wildman–Crippen LogP) is 3.65. The molecule has 1 heterocycles. The van der Waals surface area contributed by atoms with Crippen molar-refractivity contribution in [2.75, 3.05) is 13.7 Å². The number of aliphatic hydroxyl groups is 1. The van der Waals surface area contributed by atoms with Crippen LogP contribution in [-0.4, -0.2) is 34.7 Å². The summed E-state index contributed by atoms with van der Waals surface area (Å²) in [6, 6.07) is 24.7. The molecule has 0 aliphatic carbocycles. The summed E-state index contributed by atoms with van der Waals surface area (Å²) in [5, 5.41) is 16.4. The Hall–Kier alpha value is -3.48. The monoisotopic (exact) mass is 416 g/mol. The molecule has 0 amide bonds. The third-order valence-corrected chi connectivity index (χ3v) is 5.04. The van der Waals surface area contributed by atoms with Gasteiger partial charge in [-0.1, -0.05) is 60.7 Å². The summed E-state index contributed by atoms with van der Waals surface area (Å²) in [6.07, 6.45) is -0.867. The van der Waals surface area contributed by atoms with Crippen molar-refractivity contribution in [3.05, 3.63) is 94.8 Å². The molecule has 0 fully saturated rings. The molecular weight excluding hydrogens is 392 g/mol. The molecule has 0 saturated heterocycles. The smallest absolute Gasteiger partial charge is 0.274 e. The number of ether oxygens (including phenoxy) is 2. The number of aliphatic hydroxyl groups excluding tert-OH is 1. The molecule has 0 radical (unpaired) electrons. The molecule has 0 aliphatic heterocycles. The topological polar surface area (TPSA) is 73.6 Å². The molecule has 158 valence electrons. The minimum atomic E-state index is -0.867. The van der Waals surface area contributed by atoms with Crippen LogP contribution in [0.3, 0.4) is 0 Å². The Bertz CT molecular complexity index is 1200. The molecule has 1 N–H and O–H groups in total. The molecule has 0 spiro atoms. The summed E-state index contributed by atoms with van der Waals surface area (Å²) in [4.78, 5) is 12.9. The van der Waals surface area contributed by atoms with Gasteiger partial charge in [-0.3, -0.25) is 4.79 Å². The Morgan fingerprint density at radius 2 is 1.61 bits per heavy atom. The fourth-order valence-corrected chi connectivity index (χ4v) is 3.46. The number of methoxy groups -OCH3 is 1. The zero-order valence-corrected chi connectivity index (χ0v) is 17.3. The van der Waals surface area contributed by atoms with Gasteiger partial charge in [0.25, 0.3) is 5.56 Å². The highest BCUT2D eigenvalue weighted by Gasteiger charge is 2.14. The first-order valence-corrected chi connectivity index (χ1v) is 10.1. The van der Waals surface area contributed by atoms with E-state index in [2.05, 4.69) is 5.10 Å². The molecule has 0 aliphatic rings. The van der Waals surface area contributed by atoms with Crippen LogP contribution in [0.4, 0.5) is 0 Å². The number of hydrogen-bond donors (Lipinski definition) is 1. The van der Waals surface area contributed by atoms with Crippen LogP contribution in [-0.2, 0) is 17.9 Å². The maximum absolute atomic E-state index is 12.9. The van der Waals surface area contributed by atoms with Gasteiger partial charge in [0.05, 0.1) is 44.1 Å². The van der Waals surface area contributed by atoms with Gasteiger partial charge in [0.15, 0.2) is 0 Å². The van der Waals surface area contributed by atoms with E-state index >= 15 is 0 Å². The van der Waals surface area contributed by atoms with Crippen LogP contribution in [0.25, 0.3) is 22.0 Å². The fraction of sp³-hybridized carbons (Fsp3) is 0.200. The standard InChI is InChI=1S/C25H24N2O4/c1-30-21-13-11-18(12-14-21)16-31-17-20(28)15-27-25(29)23-10-6-5-9-22(23)24(26-27)19-7-3-2-4-8-19/h2-14,20,28H,15-17H2,1H3/t20-/m0/s1. The Morgan fingerprint density at radius 1 is 0.935 bits per heavy atom. The van der Waals surface area contributed by atoms with Crippen molar-refractivity contribution in [3.8, 4) is 17.0 Å². The Morgan fingerprint density at radius 3 is 2.32 bits per heavy atom. The molecule has 4 rings (SSSR count). The first-order valence-electron chi connectivity index (χ1n) is 10.1. The second-order valence-corrected chi connectivity index (χ2v) is 7.26. The van der Waals surface area contributed by atoms with Gasteiger partial charge in [-0.2, -0.15) is 5.10 Å². The van der Waals surface area contributed by atoms with Crippen LogP contribution in [0.1, 0.15) is 5.56 Å². The van der Waals surface area contributed by atoms with Gasteiger partial charge < -0.3 is 14.6 Å². The molecule has 3 aromatic carbocycles. The van der Waals surface area contributed by atoms with Crippen molar-refractivity contribution in [2.24, 2.45) is 0 Å². The molecule has 0 saturated carbocycles.